The predicted molar refractivity (Wildman–Crippen MR) is 76.4 cm³/mol. The van der Waals surface area contributed by atoms with Gasteiger partial charge in [0.05, 0.1) is 11.3 Å². The number of aromatic carboxylic acids is 1. The van der Waals surface area contributed by atoms with Crippen LogP contribution in [0, 0.1) is 3.57 Å². The number of hydrogen-bond donors (Lipinski definition) is 2. The van der Waals surface area contributed by atoms with E-state index in [9.17, 15) is 9.59 Å². The highest BCUT2D eigenvalue weighted by atomic mass is 127. The molecule has 0 aliphatic heterocycles. The maximum atomic E-state index is 10.8. The van der Waals surface area contributed by atoms with Crippen LogP contribution in [0.5, 0.6) is 5.75 Å². The zero-order chi connectivity index (χ0) is 13.5. The van der Waals surface area contributed by atoms with Crippen molar-refractivity contribution in [1.29, 1.82) is 0 Å². The molecule has 0 saturated carbocycles. The second-order valence-corrected chi connectivity index (χ2v) is 4.77. The summed E-state index contributed by atoms with van der Waals surface area (Å²) in [6.45, 7) is 0.270. The minimum Gasteiger partial charge on any atom is -0.490 e. The van der Waals surface area contributed by atoms with Gasteiger partial charge in [-0.2, -0.15) is 12.6 Å². The average molecular weight is 382 g/mol. The van der Waals surface area contributed by atoms with E-state index in [2.05, 4.69) is 12.6 Å². The van der Waals surface area contributed by atoms with Crippen molar-refractivity contribution < 1.29 is 24.2 Å². The maximum Gasteiger partial charge on any atom is 0.335 e. The van der Waals surface area contributed by atoms with Gasteiger partial charge in [-0.05, 0) is 40.8 Å². The number of carboxylic acid groups (broad SMARTS) is 1. The van der Waals surface area contributed by atoms with Crippen molar-refractivity contribution >= 4 is 47.2 Å². The number of carbonyl (C=O) groups is 2. The summed E-state index contributed by atoms with van der Waals surface area (Å²) in [6.07, 6.45) is 0. The lowest BCUT2D eigenvalue weighted by atomic mass is 10.2. The van der Waals surface area contributed by atoms with Crippen molar-refractivity contribution in [3.8, 4) is 5.75 Å². The van der Waals surface area contributed by atoms with E-state index in [1.165, 1.54) is 12.1 Å². The molecule has 0 aliphatic carbocycles. The minimum absolute atomic E-state index is 0.0202. The molecule has 0 heterocycles. The highest BCUT2D eigenvalue weighted by Crippen LogP contribution is 2.18. The molecule has 7 heteroatoms. The van der Waals surface area contributed by atoms with Gasteiger partial charge in [-0.3, -0.25) is 4.79 Å². The van der Waals surface area contributed by atoms with Crippen LogP contribution in [0.2, 0.25) is 0 Å². The van der Waals surface area contributed by atoms with E-state index in [1.807, 2.05) is 22.6 Å². The van der Waals surface area contributed by atoms with Crippen LogP contribution < -0.4 is 4.74 Å². The Morgan fingerprint density at radius 3 is 2.61 bits per heavy atom. The van der Waals surface area contributed by atoms with Crippen LogP contribution in [0.1, 0.15) is 10.4 Å². The SMILES string of the molecule is O=C(CS)OCCOc1cc(I)cc(C(=O)O)c1. The molecule has 98 valence electrons. The van der Waals surface area contributed by atoms with E-state index in [0.29, 0.717) is 5.75 Å². The van der Waals surface area contributed by atoms with Crippen molar-refractivity contribution in [1.82, 2.24) is 0 Å². The van der Waals surface area contributed by atoms with Gasteiger partial charge < -0.3 is 14.6 Å². The largest absolute Gasteiger partial charge is 0.490 e. The van der Waals surface area contributed by atoms with Crippen LogP contribution in [0.4, 0.5) is 0 Å². The van der Waals surface area contributed by atoms with Crippen LogP contribution in [-0.2, 0) is 9.53 Å². The van der Waals surface area contributed by atoms with E-state index in [1.54, 1.807) is 6.07 Å². The molecule has 1 aromatic rings. The van der Waals surface area contributed by atoms with Gasteiger partial charge >= 0.3 is 11.9 Å². The second kappa shape index (κ2) is 7.47. The van der Waals surface area contributed by atoms with Crippen LogP contribution in [0.25, 0.3) is 0 Å². The topological polar surface area (TPSA) is 72.8 Å². The van der Waals surface area contributed by atoms with Crippen molar-refractivity contribution in [3.63, 3.8) is 0 Å². The van der Waals surface area contributed by atoms with Gasteiger partial charge in [0, 0.05) is 3.57 Å². The van der Waals surface area contributed by atoms with Crippen molar-refractivity contribution in [2.24, 2.45) is 0 Å². The van der Waals surface area contributed by atoms with E-state index >= 15 is 0 Å². The van der Waals surface area contributed by atoms with E-state index in [-0.39, 0.29) is 24.5 Å². The molecule has 0 spiro atoms. The third kappa shape index (κ3) is 5.13. The summed E-state index contributed by atoms with van der Waals surface area (Å²) in [5.74, 6) is -0.983. The van der Waals surface area contributed by atoms with Gasteiger partial charge in [-0.15, -0.1) is 0 Å². The highest BCUT2D eigenvalue weighted by molar-refractivity contribution is 14.1. The molecule has 0 unspecified atom stereocenters. The zero-order valence-electron chi connectivity index (χ0n) is 9.26. The summed E-state index contributed by atoms with van der Waals surface area (Å²) in [5.41, 5.74) is 0.157. The first kappa shape index (κ1) is 15.1. The number of thiol groups is 1. The Balaban J connectivity index is 2.52. The number of hydrogen-bond acceptors (Lipinski definition) is 5. The predicted octanol–water partition coefficient (Wildman–Crippen LogP) is 1.84. The smallest absolute Gasteiger partial charge is 0.335 e. The Hall–Kier alpha value is -0.960. The van der Waals surface area contributed by atoms with Crippen LogP contribution >= 0.6 is 35.2 Å². The van der Waals surface area contributed by atoms with Crippen molar-refractivity contribution in [2.75, 3.05) is 19.0 Å². The standard InChI is InChI=1S/C11H11IO5S/c12-8-3-7(11(14)15)4-9(5-8)16-1-2-17-10(13)6-18/h3-5,18H,1-2,6H2,(H,14,15). The second-order valence-electron chi connectivity index (χ2n) is 3.21. The Labute approximate surface area is 123 Å². The summed E-state index contributed by atoms with van der Waals surface area (Å²) in [6, 6.07) is 4.66. The summed E-state index contributed by atoms with van der Waals surface area (Å²) in [4.78, 5) is 21.6. The minimum atomic E-state index is -1.01. The molecule has 1 rings (SSSR count). The zero-order valence-corrected chi connectivity index (χ0v) is 12.3. The van der Waals surface area contributed by atoms with Gasteiger partial charge in [-0.1, -0.05) is 0 Å². The number of rotatable bonds is 6. The Kier molecular flexibility index (Phi) is 6.27. The van der Waals surface area contributed by atoms with Crippen LogP contribution in [0.15, 0.2) is 18.2 Å². The third-order valence-corrected chi connectivity index (χ3v) is 2.74. The van der Waals surface area contributed by atoms with Gasteiger partial charge in [-0.25, -0.2) is 4.79 Å². The molecule has 0 aliphatic rings. The number of carbonyl (C=O) groups excluding carboxylic acids is 1. The molecule has 0 amide bonds. The lowest BCUT2D eigenvalue weighted by Crippen LogP contribution is -2.13. The fraction of sp³-hybridized carbons (Fsp3) is 0.273. The van der Waals surface area contributed by atoms with E-state index in [4.69, 9.17) is 14.6 Å². The van der Waals surface area contributed by atoms with Gasteiger partial charge in [0.1, 0.15) is 19.0 Å². The lowest BCUT2D eigenvalue weighted by Gasteiger charge is -2.08. The quantitative estimate of drug-likeness (QED) is 0.340. The number of ether oxygens (including phenoxy) is 2. The number of halogens is 1. The molecule has 0 fully saturated rings. The first-order chi connectivity index (χ1) is 8.52. The highest BCUT2D eigenvalue weighted by Gasteiger charge is 2.07. The van der Waals surface area contributed by atoms with Crippen molar-refractivity contribution in [2.45, 2.75) is 0 Å². The molecule has 0 bridgehead atoms. The Bertz CT molecular complexity index is 449. The van der Waals surface area contributed by atoms with Crippen LogP contribution in [-0.4, -0.2) is 36.0 Å². The molecule has 1 aromatic carbocycles. The summed E-state index contributed by atoms with van der Waals surface area (Å²) in [7, 11) is 0. The first-order valence-corrected chi connectivity index (χ1v) is 6.67. The van der Waals surface area contributed by atoms with Gasteiger partial charge in [0.15, 0.2) is 0 Å². The fourth-order valence-electron chi connectivity index (χ4n) is 1.13. The summed E-state index contributed by atoms with van der Waals surface area (Å²) in [5, 5.41) is 8.87. The number of esters is 1. The molecule has 0 aromatic heterocycles. The molecular weight excluding hydrogens is 371 g/mol. The molecule has 18 heavy (non-hydrogen) atoms. The van der Waals surface area contributed by atoms with Gasteiger partial charge in [0.25, 0.3) is 0 Å². The number of carboxylic acids is 1. The number of benzene rings is 1. The monoisotopic (exact) mass is 382 g/mol. The van der Waals surface area contributed by atoms with E-state index < -0.39 is 11.9 Å². The third-order valence-electron chi connectivity index (χ3n) is 1.86. The summed E-state index contributed by atoms with van der Waals surface area (Å²) >= 11 is 5.76. The molecule has 0 saturated heterocycles. The summed E-state index contributed by atoms with van der Waals surface area (Å²) < 4.78 is 10.8. The lowest BCUT2D eigenvalue weighted by molar-refractivity contribution is -0.141. The molecule has 0 radical (unpaired) electrons. The normalized spacial score (nSPS) is 9.89. The molecule has 5 nitrogen and oxygen atoms in total. The maximum absolute atomic E-state index is 10.8. The average Bonchev–Trinajstić information content (AvgIpc) is 2.33. The van der Waals surface area contributed by atoms with Gasteiger partial charge in [0.2, 0.25) is 0 Å². The van der Waals surface area contributed by atoms with Crippen LogP contribution in [0.3, 0.4) is 0 Å². The molecule has 0 atom stereocenters. The Morgan fingerprint density at radius 2 is 2.00 bits per heavy atom. The first-order valence-electron chi connectivity index (χ1n) is 4.96. The molecule has 1 N–H and O–H groups in total. The Morgan fingerprint density at radius 1 is 1.28 bits per heavy atom. The molecular formula is C11H11IO5S. The van der Waals surface area contributed by atoms with Crippen molar-refractivity contribution in [3.05, 3.63) is 27.3 Å². The van der Waals surface area contributed by atoms with E-state index in [0.717, 1.165) is 3.57 Å². The fourth-order valence-corrected chi connectivity index (χ4v) is 1.86.